The molecule has 0 saturated carbocycles. The molecule has 0 spiro atoms. The largest absolute Gasteiger partial charge is 0.395 e. The molecule has 3 aromatic heterocycles. The highest BCUT2D eigenvalue weighted by atomic mass is 32.1. The van der Waals surface area contributed by atoms with Gasteiger partial charge in [-0.1, -0.05) is 18.2 Å². The van der Waals surface area contributed by atoms with Gasteiger partial charge in [0.05, 0.1) is 23.4 Å². The molecule has 0 radical (unpaired) electrons. The van der Waals surface area contributed by atoms with Crippen LogP contribution in [0.3, 0.4) is 0 Å². The molecule has 198 valence electrons. The molecule has 1 aliphatic rings. The van der Waals surface area contributed by atoms with Gasteiger partial charge in [-0.25, -0.2) is 10.1 Å². The summed E-state index contributed by atoms with van der Waals surface area (Å²) in [5.74, 6) is 1.26. The molecule has 10 nitrogen and oxygen atoms in total. The summed E-state index contributed by atoms with van der Waals surface area (Å²) in [6.45, 7) is 2.30. The Kier molecular flexibility index (Phi) is 7.85. The zero-order valence-electron chi connectivity index (χ0n) is 21.2. The van der Waals surface area contributed by atoms with E-state index in [1.807, 2.05) is 54.4 Å². The van der Waals surface area contributed by atoms with Crippen LogP contribution in [0.4, 0.5) is 17.3 Å². The summed E-state index contributed by atoms with van der Waals surface area (Å²) in [5.41, 5.74) is 1.19. The summed E-state index contributed by atoms with van der Waals surface area (Å²) in [6, 6.07) is 15.5. The first kappa shape index (κ1) is 25.7. The van der Waals surface area contributed by atoms with E-state index in [1.165, 1.54) is 11.3 Å². The number of carbonyl (C=O) groups is 1. The number of carbonyl (C=O) groups excluding carboxylic acids is 1. The summed E-state index contributed by atoms with van der Waals surface area (Å²) in [5, 5.41) is 23.4. The lowest BCUT2D eigenvalue weighted by molar-refractivity contribution is 0.0937. The van der Waals surface area contributed by atoms with Gasteiger partial charge in [-0.3, -0.25) is 9.59 Å². The number of pyridine rings is 1. The topological polar surface area (TPSA) is 126 Å². The van der Waals surface area contributed by atoms with Gasteiger partial charge in [0.25, 0.3) is 11.5 Å². The molecule has 1 fully saturated rings. The summed E-state index contributed by atoms with van der Waals surface area (Å²) < 4.78 is 1.10. The van der Waals surface area contributed by atoms with E-state index in [9.17, 15) is 9.59 Å². The third-order valence-electron chi connectivity index (χ3n) is 6.68. The van der Waals surface area contributed by atoms with Crippen molar-refractivity contribution < 1.29 is 9.90 Å². The third-order valence-corrected chi connectivity index (χ3v) is 7.80. The highest BCUT2D eigenvalue weighted by Gasteiger charge is 2.24. The van der Waals surface area contributed by atoms with Crippen LogP contribution in [0.15, 0.2) is 59.5 Å². The Hall–Kier alpha value is -3.96. The average Bonchev–Trinajstić information content (AvgIpc) is 3.38. The van der Waals surface area contributed by atoms with Crippen LogP contribution < -0.4 is 26.0 Å². The van der Waals surface area contributed by atoms with E-state index in [1.54, 1.807) is 12.3 Å². The number of hydrogen-bond acceptors (Lipinski definition) is 9. The fourth-order valence-electron chi connectivity index (χ4n) is 4.56. The lowest BCUT2D eigenvalue weighted by Crippen LogP contribution is -2.48. The Morgan fingerprint density at radius 2 is 2.13 bits per heavy atom. The Morgan fingerprint density at radius 1 is 1.26 bits per heavy atom. The van der Waals surface area contributed by atoms with Gasteiger partial charge in [0.2, 0.25) is 0 Å². The maximum atomic E-state index is 12.9. The predicted octanol–water partition coefficient (Wildman–Crippen LogP) is 2.82. The smallest absolute Gasteiger partial charge is 0.269 e. The van der Waals surface area contributed by atoms with Crippen molar-refractivity contribution in [3.05, 3.63) is 75.5 Å². The number of fused-ring (bicyclic) bond motifs is 1. The van der Waals surface area contributed by atoms with Crippen molar-refractivity contribution in [2.45, 2.75) is 25.4 Å². The molecule has 1 aliphatic heterocycles. The molecule has 4 aromatic rings. The van der Waals surface area contributed by atoms with Crippen LogP contribution in [0.25, 0.3) is 10.1 Å². The number of aliphatic hydroxyl groups excluding tert-OH is 1. The number of H-pyrrole nitrogens is 1. The normalized spacial score (nSPS) is 15.4. The molecular formula is C27H31N7O3S. The monoisotopic (exact) mass is 533 g/mol. The van der Waals surface area contributed by atoms with Crippen LogP contribution in [0, 0.1) is 0 Å². The fourth-order valence-corrected chi connectivity index (χ4v) is 5.53. The molecular weight excluding hydrogens is 502 g/mol. The van der Waals surface area contributed by atoms with Crippen molar-refractivity contribution in [2.24, 2.45) is 0 Å². The minimum atomic E-state index is -0.257. The van der Waals surface area contributed by atoms with E-state index in [-0.39, 0.29) is 24.1 Å². The lowest BCUT2D eigenvalue weighted by Gasteiger charge is -2.33. The van der Waals surface area contributed by atoms with Crippen molar-refractivity contribution in [2.75, 3.05) is 48.4 Å². The first-order valence-electron chi connectivity index (χ1n) is 12.6. The molecule has 5 rings (SSSR count). The van der Waals surface area contributed by atoms with Gasteiger partial charge in [-0.15, -0.1) is 11.3 Å². The van der Waals surface area contributed by atoms with Gasteiger partial charge < -0.3 is 25.5 Å². The van der Waals surface area contributed by atoms with Crippen LogP contribution in [0.2, 0.25) is 0 Å². The Bertz CT molecular complexity index is 1420. The molecule has 1 aromatic carbocycles. The number of piperidine rings is 1. The molecule has 1 saturated heterocycles. The minimum absolute atomic E-state index is 0.0107. The average molecular weight is 534 g/mol. The van der Waals surface area contributed by atoms with Crippen LogP contribution in [0.5, 0.6) is 0 Å². The number of nitrogens with zero attached hydrogens (tertiary/aromatic N) is 4. The minimum Gasteiger partial charge on any atom is -0.395 e. The zero-order valence-corrected chi connectivity index (χ0v) is 22.0. The molecule has 1 amide bonds. The summed E-state index contributed by atoms with van der Waals surface area (Å²) >= 11 is 1.50. The fraction of sp³-hybridized carbons (Fsp3) is 0.333. The van der Waals surface area contributed by atoms with Gasteiger partial charge in [0, 0.05) is 49.5 Å². The van der Waals surface area contributed by atoms with E-state index in [2.05, 4.69) is 30.7 Å². The molecule has 0 bridgehead atoms. The standard InChI is InChI=1S/C27H31N7O3S/c1-33(11-12-35)21-8-9-24(29-16-21)28-15-19-14-25(31-32-26(19)36)34-10-4-6-20(17-34)30-27(37)23-13-18-5-2-3-7-22(18)38-23/h2-3,5,7-9,13-14,16,20,35H,4,6,10-12,15,17H2,1H3,(H,28,29)(H,30,37)(H,32,36). The number of aromatic nitrogens is 3. The number of likely N-dealkylation sites (N-methyl/N-ethyl adjacent to an activating group) is 1. The number of hydrogen-bond donors (Lipinski definition) is 4. The van der Waals surface area contributed by atoms with Gasteiger partial charge in [0.15, 0.2) is 0 Å². The SMILES string of the molecule is CN(CCO)c1ccc(NCc2cc(N3CCCC(NC(=O)c4cc5ccccc5s4)C3)n[nH]c2=O)nc1. The second-order valence-corrected chi connectivity index (χ2v) is 10.5. The van der Waals surface area contributed by atoms with Gasteiger partial charge in [-0.2, -0.15) is 5.10 Å². The third kappa shape index (κ3) is 5.95. The van der Waals surface area contributed by atoms with E-state index < -0.39 is 0 Å². The van der Waals surface area contributed by atoms with Gasteiger partial charge in [-0.05, 0) is 48.6 Å². The number of amides is 1. The molecule has 4 N–H and O–H groups in total. The number of thiophene rings is 1. The summed E-state index contributed by atoms with van der Waals surface area (Å²) in [7, 11) is 1.89. The molecule has 0 aliphatic carbocycles. The highest BCUT2D eigenvalue weighted by molar-refractivity contribution is 7.20. The molecule has 1 unspecified atom stereocenters. The van der Waals surface area contributed by atoms with Crippen molar-refractivity contribution in [1.29, 1.82) is 0 Å². The number of nitrogens with one attached hydrogen (secondary N) is 3. The van der Waals surface area contributed by atoms with Crippen LogP contribution in [-0.4, -0.2) is 65.5 Å². The van der Waals surface area contributed by atoms with E-state index >= 15 is 0 Å². The maximum Gasteiger partial charge on any atom is 0.269 e. The maximum absolute atomic E-state index is 12.9. The molecule has 1 atom stereocenters. The van der Waals surface area contributed by atoms with Crippen LogP contribution in [-0.2, 0) is 6.54 Å². The first-order valence-corrected chi connectivity index (χ1v) is 13.5. The lowest BCUT2D eigenvalue weighted by atomic mass is 10.1. The van der Waals surface area contributed by atoms with E-state index in [0.717, 1.165) is 35.2 Å². The molecule has 38 heavy (non-hydrogen) atoms. The Morgan fingerprint density at radius 3 is 2.92 bits per heavy atom. The van der Waals surface area contributed by atoms with Crippen molar-refractivity contribution in [3.8, 4) is 0 Å². The predicted molar refractivity (Wildman–Crippen MR) is 151 cm³/mol. The van der Waals surface area contributed by atoms with E-state index in [4.69, 9.17) is 5.11 Å². The molecule has 11 heteroatoms. The van der Waals surface area contributed by atoms with Gasteiger partial charge >= 0.3 is 0 Å². The zero-order chi connectivity index (χ0) is 26.5. The van der Waals surface area contributed by atoms with Crippen LogP contribution >= 0.6 is 11.3 Å². The van der Waals surface area contributed by atoms with E-state index in [0.29, 0.717) is 41.7 Å². The van der Waals surface area contributed by atoms with Crippen molar-refractivity contribution >= 4 is 44.7 Å². The summed E-state index contributed by atoms with van der Waals surface area (Å²) in [6.07, 6.45) is 3.52. The number of anilines is 3. The number of aromatic amines is 1. The number of aliphatic hydroxyl groups is 1. The van der Waals surface area contributed by atoms with Crippen molar-refractivity contribution in [3.63, 3.8) is 0 Å². The Labute approximate surface area is 224 Å². The Balaban J connectivity index is 1.21. The highest BCUT2D eigenvalue weighted by Crippen LogP contribution is 2.26. The first-order chi connectivity index (χ1) is 18.5. The second kappa shape index (κ2) is 11.6. The van der Waals surface area contributed by atoms with Crippen molar-refractivity contribution in [1.82, 2.24) is 20.5 Å². The summed E-state index contributed by atoms with van der Waals surface area (Å²) in [4.78, 5) is 34.5. The van der Waals surface area contributed by atoms with Crippen LogP contribution in [0.1, 0.15) is 28.1 Å². The number of benzene rings is 1. The van der Waals surface area contributed by atoms with Gasteiger partial charge in [0.1, 0.15) is 11.6 Å². The quantitative estimate of drug-likeness (QED) is 0.259. The number of rotatable bonds is 9. The molecule has 4 heterocycles. The second-order valence-electron chi connectivity index (χ2n) is 9.39.